The van der Waals surface area contributed by atoms with E-state index in [4.69, 9.17) is 20.7 Å². The van der Waals surface area contributed by atoms with E-state index in [9.17, 15) is 28.8 Å². The van der Waals surface area contributed by atoms with E-state index in [2.05, 4.69) is 22.2 Å². The van der Waals surface area contributed by atoms with E-state index in [-0.39, 0.29) is 48.3 Å². The minimum Gasteiger partial charge on any atom is -0.481 e. The maximum atomic E-state index is 10.1. The van der Waals surface area contributed by atoms with Crippen LogP contribution in [0.15, 0.2) is 0 Å². The number of hydrogen-bond acceptors (Lipinski definition) is 8. The Labute approximate surface area is 174 Å². The van der Waals surface area contributed by atoms with Crippen LogP contribution < -0.4 is 16.4 Å². The Kier molecular flexibility index (Phi) is 34.9. The third kappa shape index (κ3) is 161. The number of ketones is 2. The molecule has 0 rings (SSSR count). The first-order valence-electron chi connectivity index (χ1n) is 7.74. The van der Waals surface area contributed by atoms with Gasteiger partial charge in [-0.05, 0) is 25.4 Å². The Morgan fingerprint density at radius 2 is 0.966 bits per heavy atom. The van der Waals surface area contributed by atoms with Crippen LogP contribution in [-0.2, 0) is 33.6 Å². The molecule has 0 aromatic carbocycles. The lowest BCUT2D eigenvalue weighted by molar-refractivity contribution is -0.137. The van der Waals surface area contributed by atoms with Crippen molar-refractivity contribution in [1.29, 1.82) is 0 Å². The second-order valence-electron chi connectivity index (χ2n) is 4.81. The number of carbonyl (C=O) groups excluding carboxylic acids is 5. The van der Waals surface area contributed by atoms with E-state index >= 15 is 0 Å². The Hall–Kier alpha value is -2.86. The average Bonchev–Trinajstić information content (AvgIpc) is 2.51. The number of rotatable bonds is 5. The van der Waals surface area contributed by atoms with Gasteiger partial charge in [0.2, 0.25) is 17.1 Å². The molecule has 0 fully saturated rings. The van der Waals surface area contributed by atoms with Gasteiger partial charge in [-0.25, -0.2) is 0 Å². The van der Waals surface area contributed by atoms with Crippen LogP contribution in [0, 0.1) is 0 Å². The highest BCUT2D eigenvalue weighted by atomic mass is 35.5. The van der Waals surface area contributed by atoms with Crippen molar-refractivity contribution < 1.29 is 43.8 Å². The van der Waals surface area contributed by atoms with Crippen molar-refractivity contribution in [3.8, 4) is 0 Å². The van der Waals surface area contributed by atoms with Crippen LogP contribution in [-0.4, -0.2) is 70.4 Å². The molecule has 0 radical (unpaired) electrons. The molecule has 0 heterocycles. The predicted octanol–water partition coefficient (Wildman–Crippen LogP) is -0.685. The first-order chi connectivity index (χ1) is 13.0. The van der Waals surface area contributed by atoms with Crippen molar-refractivity contribution in [1.82, 2.24) is 10.6 Å². The maximum absolute atomic E-state index is 10.1. The summed E-state index contributed by atoms with van der Waals surface area (Å²) in [7, 11) is 0. The summed E-state index contributed by atoms with van der Waals surface area (Å²) < 4.78 is 0. The predicted molar refractivity (Wildman–Crippen MR) is 105 cm³/mol. The minimum atomic E-state index is -1.03. The molecule has 0 unspecified atom stereocenters. The summed E-state index contributed by atoms with van der Waals surface area (Å²) in [5.41, 5.74) is 4.82. The maximum Gasteiger partial charge on any atom is 0.322 e. The topological polar surface area (TPSA) is 210 Å². The van der Waals surface area contributed by atoms with Gasteiger partial charge in [-0.3, -0.25) is 33.6 Å². The third-order valence-corrected chi connectivity index (χ3v) is 1.36. The molecule has 6 N–H and O–H groups in total. The second kappa shape index (κ2) is 27.4. The molecule has 0 aromatic heterocycles. The largest absolute Gasteiger partial charge is 0.481 e. The zero-order chi connectivity index (χ0) is 24.6. The molecule has 2 amide bonds. The zero-order valence-electron chi connectivity index (χ0n) is 17.3. The van der Waals surface area contributed by atoms with Crippen LogP contribution in [0.5, 0.6) is 0 Å². The SMILES string of the molecule is CC(=O)CN.CC(=O)CNC(C)=O.CC(=O)Cl.CC(=O)NCC(=O)O.CC(=O)O. The van der Waals surface area contributed by atoms with Crippen LogP contribution >= 0.6 is 11.6 Å². The van der Waals surface area contributed by atoms with Gasteiger partial charge in [0.05, 0.1) is 13.1 Å². The molecule has 0 bridgehead atoms. The molecular formula is C16H30ClN3O9. The summed E-state index contributed by atoms with van der Waals surface area (Å²) in [5.74, 6) is -2.35. The van der Waals surface area contributed by atoms with Gasteiger partial charge >= 0.3 is 5.97 Å². The number of carboxylic acids is 2. The van der Waals surface area contributed by atoms with Gasteiger partial charge < -0.3 is 26.6 Å². The molecule has 29 heavy (non-hydrogen) atoms. The number of carbonyl (C=O) groups is 7. The average molecular weight is 444 g/mol. The zero-order valence-corrected chi connectivity index (χ0v) is 18.1. The number of carboxylic acid groups (broad SMARTS) is 2. The normalized spacial score (nSPS) is 7.59. The van der Waals surface area contributed by atoms with Crippen LogP contribution in [0.1, 0.15) is 41.5 Å². The van der Waals surface area contributed by atoms with E-state index in [0.717, 1.165) is 6.92 Å². The highest BCUT2D eigenvalue weighted by Gasteiger charge is 1.94. The van der Waals surface area contributed by atoms with Gasteiger partial charge in [0.25, 0.3) is 5.97 Å². The number of nitrogens with two attached hydrogens (primary N) is 1. The fourth-order valence-corrected chi connectivity index (χ4v) is 0.449. The van der Waals surface area contributed by atoms with Gasteiger partial charge in [-0.15, -0.1) is 0 Å². The van der Waals surface area contributed by atoms with E-state index < -0.39 is 11.9 Å². The lowest BCUT2D eigenvalue weighted by atomic mass is 10.4. The molecule has 0 aliphatic heterocycles. The summed E-state index contributed by atoms with van der Waals surface area (Å²) >= 11 is 4.64. The fourth-order valence-electron chi connectivity index (χ4n) is 0.449. The van der Waals surface area contributed by atoms with Gasteiger partial charge in [-0.1, -0.05) is 0 Å². The number of hydrogen-bond donors (Lipinski definition) is 5. The van der Waals surface area contributed by atoms with Gasteiger partial charge in [0, 0.05) is 27.7 Å². The molecule has 12 nitrogen and oxygen atoms in total. The van der Waals surface area contributed by atoms with E-state index in [1.54, 1.807) is 0 Å². The van der Waals surface area contributed by atoms with Crippen LogP contribution in [0.2, 0.25) is 0 Å². The molecule has 0 aliphatic carbocycles. The quantitative estimate of drug-likeness (QED) is 0.337. The molecule has 170 valence electrons. The molecule has 0 aliphatic rings. The number of aliphatic carboxylic acids is 2. The first kappa shape index (κ1) is 37.0. The fraction of sp³-hybridized carbons (Fsp3) is 0.562. The van der Waals surface area contributed by atoms with Gasteiger partial charge in [0.1, 0.15) is 18.1 Å². The molecular weight excluding hydrogens is 414 g/mol. The summed E-state index contributed by atoms with van der Waals surface area (Å²) in [6.45, 7) is 7.92. The van der Waals surface area contributed by atoms with Crippen LogP contribution in [0.3, 0.4) is 0 Å². The van der Waals surface area contributed by atoms with Crippen molar-refractivity contribution in [2.75, 3.05) is 19.6 Å². The Morgan fingerprint density at radius 3 is 1.03 bits per heavy atom. The van der Waals surface area contributed by atoms with Crippen molar-refractivity contribution in [3.05, 3.63) is 0 Å². The van der Waals surface area contributed by atoms with Crippen molar-refractivity contribution >= 4 is 52.2 Å². The van der Waals surface area contributed by atoms with Gasteiger partial charge in [-0.2, -0.15) is 0 Å². The molecule has 13 heteroatoms. The lowest BCUT2D eigenvalue weighted by Gasteiger charge is -1.93. The number of amides is 2. The highest BCUT2D eigenvalue weighted by Crippen LogP contribution is 1.67. The van der Waals surface area contributed by atoms with Crippen LogP contribution in [0.4, 0.5) is 0 Å². The third-order valence-electron chi connectivity index (χ3n) is 1.36. The van der Waals surface area contributed by atoms with Crippen molar-refractivity contribution in [3.63, 3.8) is 0 Å². The van der Waals surface area contributed by atoms with Gasteiger partial charge in [0.15, 0.2) is 0 Å². The van der Waals surface area contributed by atoms with Crippen molar-refractivity contribution in [2.24, 2.45) is 5.73 Å². The molecule has 0 saturated heterocycles. The lowest BCUT2D eigenvalue weighted by Crippen LogP contribution is -2.26. The monoisotopic (exact) mass is 443 g/mol. The van der Waals surface area contributed by atoms with Crippen molar-refractivity contribution in [2.45, 2.75) is 41.5 Å². The number of halogens is 1. The Balaban J connectivity index is -0.0000000859. The summed E-state index contributed by atoms with van der Waals surface area (Å²) in [6, 6.07) is 0. The van der Waals surface area contributed by atoms with E-state index in [1.165, 1.54) is 34.6 Å². The van der Waals surface area contributed by atoms with E-state index in [0.29, 0.717) is 0 Å². The molecule has 0 atom stereocenters. The summed E-state index contributed by atoms with van der Waals surface area (Å²) in [5, 5.41) is 19.5. The molecule has 0 spiro atoms. The highest BCUT2D eigenvalue weighted by molar-refractivity contribution is 6.62. The Bertz CT molecular complexity index is 462. The number of Topliss-reactive ketones (excluding diaryl/α,β-unsaturated/α-hetero) is 2. The van der Waals surface area contributed by atoms with Crippen LogP contribution in [0.25, 0.3) is 0 Å². The summed E-state index contributed by atoms with van der Waals surface area (Å²) in [6.07, 6.45) is 0. The molecule has 0 saturated carbocycles. The second-order valence-corrected chi connectivity index (χ2v) is 5.34. The summed E-state index contributed by atoms with van der Waals surface area (Å²) in [4.78, 5) is 67.8. The first-order valence-corrected chi connectivity index (χ1v) is 8.12. The van der Waals surface area contributed by atoms with E-state index in [1.807, 2.05) is 0 Å². The minimum absolute atomic E-state index is 0.0276. The Morgan fingerprint density at radius 1 is 0.724 bits per heavy atom. The smallest absolute Gasteiger partial charge is 0.322 e. The number of nitrogens with one attached hydrogen (secondary N) is 2. The standard InChI is InChI=1S/C5H9NO2.C4H7NO3.C3H7NO.C2H3ClO.C2H4O2/c1-4(7)3-6-5(2)8;1-3(6)5-2-4(7)8;1-3(5)2-4;2*1-2(3)4/h3H2,1-2H3,(H,6,8);2H2,1H3,(H,5,6)(H,7,8);2,4H2,1H3;1H3;1H3,(H,3,4). The molecule has 0 aromatic rings.